The number of nitrogens with one attached hydrogen (secondary N) is 2. The molecule has 0 aliphatic heterocycles. The highest BCUT2D eigenvalue weighted by Gasteiger charge is 2.11. The highest BCUT2D eigenvalue weighted by Crippen LogP contribution is 2.14. The molecule has 5 nitrogen and oxygen atoms in total. The Kier molecular flexibility index (Phi) is 4.51. The third kappa shape index (κ3) is 3.56. The summed E-state index contributed by atoms with van der Waals surface area (Å²) in [6.45, 7) is 6.83. The minimum Gasteiger partial charge on any atom is -0.385 e. The largest absolute Gasteiger partial charge is 0.385 e. The quantitative estimate of drug-likeness (QED) is 0.758. The molecule has 3 rings (SSSR count). The fourth-order valence-electron chi connectivity index (χ4n) is 2.83. The maximum atomic E-state index is 12.2. The van der Waals surface area contributed by atoms with Crippen molar-refractivity contribution in [3.05, 3.63) is 75.5 Å². The summed E-state index contributed by atoms with van der Waals surface area (Å²) in [5.41, 5.74) is 5.21. The van der Waals surface area contributed by atoms with E-state index in [0.29, 0.717) is 13.0 Å². The van der Waals surface area contributed by atoms with Gasteiger partial charge in [0.05, 0.1) is 5.69 Å². The topological polar surface area (TPSA) is 62.7 Å². The van der Waals surface area contributed by atoms with Crippen molar-refractivity contribution in [3.8, 4) is 5.69 Å². The lowest BCUT2D eigenvalue weighted by Gasteiger charge is -2.09. The highest BCUT2D eigenvalue weighted by atomic mass is 16.1. The van der Waals surface area contributed by atoms with Gasteiger partial charge in [0.2, 0.25) is 0 Å². The van der Waals surface area contributed by atoms with Crippen LogP contribution in [0.15, 0.2) is 47.3 Å². The minimum atomic E-state index is -0.203. The van der Waals surface area contributed by atoms with Crippen molar-refractivity contribution >= 4 is 5.69 Å². The standard InChI is InChI=1S/C19H22N4O/c1-13-4-6-16(7-5-13)20-9-8-18-21-22-19(24)23(18)17-11-14(2)10-15(3)12-17/h4-7,10-12,20H,8-9H2,1-3H3,(H,22,24). The molecule has 0 fully saturated rings. The van der Waals surface area contributed by atoms with Crippen molar-refractivity contribution in [2.24, 2.45) is 0 Å². The fraction of sp³-hybridized carbons (Fsp3) is 0.263. The van der Waals surface area contributed by atoms with Crippen LogP contribution in [0.25, 0.3) is 5.69 Å². The summed E-state index contributed by atoms with van der Waals surface area (Å²) < 4.78 is 1.65. The summed E-state index contributed by atoms with van der Waals surface area (Å²) in [6, 6.07) is 14.3. The molecule has 0 unspecified atom stereocenters. The Morgan fingerprint density at radius 2 is 1.67 bits per heavy atom. The first-order valence-corrected chi connectivity index (χ1v) is 8.08. The van der Waals surface area contributed by atoms with Crippen molar-refractivity contribution in [2.75, 3.05) is 11.9 Å². The van der Waals surface area contributed by atoms with Crippen LogP contribution in [0, 0.1) is 20.8 Å². The third-order valence-corrected chi connectivity index (χ3v) is 3.94. The van der Waals surface area contributed by atoms with Crippen LogP contribution < -0.4 is 11.0 Å². The first kappa shape index (κ1) is 16.1. The zero-order chi connectivity index (χ0) is 17.1. The number of hydrogen-bond acceptors (Lipinski definition) is 3. The van der Waals surface area contributed by atoms with Crippen LogP contribution in [0.5, 0.6) is 0 Å². The lowest BCUT2D eigenvalue weighted by Crippen LogP contribution is -2.18. The summed E-state index contributed by atoms with van der Waals surface area (Å²) >= 11 is 0. The number of aromatic amines is 1. The smallest absolute Gasteiger partial charge is 0.347 e. The van der Waals surface area contributed by atoms with Gasteiger partial charge in [-0.15, -0.1) is 0 Å². The summed E-state index contributed by atoms with van der Waals surface area (Å²) in [4.78, 5) is 12.2. The zero-order valence-electron chi connectivity index (χ0n) is 14.3. The van der Waals surface area contributed by atoms with Gasteiger partial charge in [0.25, 0.3) is 0 Å². The van der Waals surface area contributed by atoms with Crippen LogP contribution in [-0.2, 0) is 6.42 Å². The highest BCUT2D eigenvalue weighted by molar-refractivity contribution is 5.44. The van der Waals surface area contributed by atoms with E-state index in [9.17, 15) is 4.79 Å². The molecule has 0 radical (unpaired) electrons. The van der Waals surface area contributed by atoms with Crippen molar-refractivity contribution in [3.63, 3.8) is 0 Å². The van der Waals surface area contributed by atoms with Crippen molar-refractivity contribution in [1.29, 1.82) is 0 Å². The molecule has 3 aromatic rings. The summed E-state index contributed by atoms with van der Waals surface area (Å²) in [6.07, 6.45) is 0.652. The lowest BCUT2D eigenvalue weighted by atomic mass is 10.1. The van der Waals surface area contributed by atoms with Crippen molar-refractivity contribution < 1.29 is 0 Å². The zero-order valence-corrected chi connectivity index (χ0v) is 14.3. The first-order valence-electron chi connectivity index (χ1n) is 8.08. The van der Waals surface area contributed by atoms with Crippen LogP contribution >= 0.6 is 0 Å². The molecule has 0 saturated carbocycles. The summed E-state index contributed by atoms with van der Waals surface area (Å²) in [7, 11) is 0. The number of benzene rings is 2. The van der Waals surface area contributed by atoms with E-state index in [0.717, 1.165) is 28.3 Å². The van der Waals surface area contributed by atoms with Gasteiger partial charge in [-0.3, -0.25) is 0 Å². The molecule has 24 heavy (non-hydrogen) atoms. The van der Waals surface area contributed by atoms with E-state index in [-0.39, 0.29) is 5.69 Å². The van der Waals surface area contributed by atoms with Gasteiger partial charge >= 0.3 is 5.69 Å². The van der Waals surface area contributed by atoms with E-state index >= 15 is 0 Å². The van der Waals surface area contributed by atoms with Gasteiger partial charge in [-0.1, -0.05) is 23.8 Å². The van der Waals surface area contributed by atoms with Gasteiger partial charge in [0.15, 0.2) is 0 Å². The second-order valence-corrected chi connectivity index (χ2v) is 6.17. The Morgan fingerprint density at radius 3 is 2.33 bits per heavy atom. The van der Waals surface area contributed by atoms with E-state index in [1.165, 1.54) is 5.56 Å². The number of aromatic nitrogens is 3. The lowest BCUT2D eigenvalue weighted by molar-refractivity contribution is 0.842. The molecule has 0 amide bonds. The number of aryl methyl sites for hydroxylation is 3. The second kappa shape index (κ2) is 6.74. The van der Waals surface area contributed by atoms with Gasteiger partial charge in [0, 0.05) is 18.7 Å². The first-order chi connectivity index (χ1) is 11.5. The second-order valence-electron chi connectivity index (χ2n) is 6.17. The van der Waals surface area contributed by atoms with E-state index in [4.69, 9.17) is 0 Å². The van der Waals surface area contributed by atoms with Crippen LogP contribution in [-0.4, -0.2) is 21.3 Å². The minimum absolute atomic E-state index is 0.203. The van der Waals surface area contributed by atoms with Gasteiger partial charge in [-0.05, 0) is 56.2 Å². The molecule has 2 aromatic carbocycles. The van der Waals surface area contributed by atoms with Gasteiger partial charge in [-0.2, -0.15) is 5.10 Å². The van der Waals surface area contributed by atoms with Crippen LogP contribution in [0.3, 0.4) is 0 Å². The van der Waals surface area contributed by atoms with Gasteiger partial charge in [-0.25, -0.2) is 14.5 Å². The molecule has 0 saturated heterocycles. The predicted molar refractivity (Wildman–Crippen MR) is 97.0 cm³/mol. The monoisotopic (exact) mass is 322 g/mol. The Hall–Kier alpha value is -2.82. The fourth-order valence-corrected chi connectivity index (χ4v) is 2.83. The number of rotatable bonds is 5. The number of hydrogen-bond donors (Lipinski definition) is 2. The average Bonchev–Trinajstić information content (AvgIpc) is 2.89. The summed E-state index contributed by atoms with van der Waals surface area (Å²) in [5.74, 6) is 0.726. The van der Waals surface area contributed by atoms with Crippen molar-refractivity contribution in [1.82, 2.24) is 14.8 Å². The number of anilines is 1. The molecule has 0 atom stereocenters. The molecule has 124 valence electrons. The molecule has 0 aliphatic rings. The number of H-pyrrole nitrogens is 1. The van der Waals surface area contributed by atoms with E-state index in [1.807, 2.05) is 26.0 Å². The molecule has 1 aromatic heterocycles. The normalized spacial score (nSPS) is 10.8. The Labute approximate surface area is 141 Å². The molecular weight excluding hydrogens is 300 g/mol. The Balaban J connectivity index is 1.77. The van der Waals surface area contributed by atoms with Gasteiger partial charge in [0.1, 0.15) is 5.82 Å². The van der Waals surface area contributed by atoms with Crippen LogP contribution in [0.4, 0.5) is 5.69 Å². The summed E-state index contributed by atoms with van der Waals surface area (Å²) in [5, 5.41) is 10.1. The Bertz CT molecular complexity index is 870. The predicted octanol–water partition coefficient (Wildman–Crippen LogP) is 3.14. The van der Waals surface area contributed by atoms with Crippen LogP contribution in [0.2, 0.25) is 0 Å². The molecule has 0 aliphatic carbocycles. The molecule has 0 bridgehead atoms. The van der Waals surface area contributed by atoms with Crippen molar-refractivity contribution in [2.45, 2.75) is 27.2 Å². The Morgan fingerprint density at radius 1 is 1.00 bits per heavy atom. The molecule has 2 N–H and O–H groups in total. The molecule has 0 spiro atoms. The molecule has 1 heterocycles. The van der Waals surface area contributed by atoms with Crippen LogP contribution in [0.1, 0.15) is 22.5 Å². The van der Waals surface area contributed by atoms with E-state index in [2.05, 4.69) is 52.8 Å². The molecule has 5 heteroatoms. The third-order valence-electron chi connectivity index (χ3n) is 3.94. The average molecular weight is 322 g/mol. The number of nitrogens with zero attached hydrogens (tertiary/aromatic N) is 2. The molecular formula is C19H22N4O. The SMILES string of the molecule is Cc1ccc(NCCc2n[nH]c(=O)n2-c2cc(C)cc(C)c2)cc1. The maximum Gasteiger partial charge on any atom is 0.347 e. The van der Waals surface area contributed by atoms with E-state index < -0.39 is 0 Å². The van der Waals surface area contributed by atoms with Gasteiger partial charge < -0.3 is 5.32 Å². The van der Waals surface area contributed by atoms with E-state index in [1.54, 1.807) is 4.57 Å². The maximum absolute atomic E-state index is 12.2.